The molecule has 0 aromatic carbocycles. The molecule has 1 aliphatic rings. The summed E-state index contributed by atoms with van der Waals surface area (Å²) >= 11 is 0. The molecule has 0 saturated carbocycles. The fraction of sp³-hybridized carbons (Fsp3) is 1.00. The minimum atomic E-state index is 0.257. The Morgan fingerprint density at radius 3 is 1.89 bits per heavy atom. The molecule has 0 aliphatic carbocycles. The molecule has 0 atom stereocenters. The average molecular weight is 133 g/mol. The smallest absolute Gasteiger partial charge is 0.0701 e. The van der Waals surface area contributed by atoms with Gasteiger partial charge in [0.2, 0.25) is 0 Å². The fourth-order valence-electron chi connectivity index (χ4n) is 0.200. The van der Waals surface area contributed by atoms with Crippen LogP contribution >= 0.6 is 0 Å². The summed E-state index contributed by atoms with van der Waals surface area (Å²) < 4.78 is 4.50. The minimum absolute atomic E-state index is 0.257. The predicted molar refractivity (Wildman–Crippen MR) is 36.5 cm³/mol. The zero-order valence-corrected chi connectivity index (χ0v) is 6.13. The van der Waals surface area contributed by atoms with Crippen molar-refractivity contribution >= 4 is 0 Å². The Hall–Kier alpha value is -0.120. The molecule has 0 radical (unpaired) electrons. The number of nitrogens with zero attached hydrogens (tertiary/aromatic N) is 1. The Morgan fingerprint density at radius 1 is 1.44 bits per heavy atom. The number of aliphatic hydroxyl groups excluding tert-OH is 1. The highest BCUT2D eigenvalue weighted by Gasteiger charge is 1.94. The van der Waals surface area contributed by atoms with E-state index in [1.807, 2.05) is 19.0 Å². The number of epoxide rings is 1. The van der Waals surface area contributed by atoms with Crippen LogP contribution in [0.25, 0.3) is 0 Å². The van der Waals surface area contributed by atoms with E-state index >= 15 is 0 Å². The average Bonchev–Trinajstić information content (AvgIpc) is 2.45. The van der Waals surface area contributed by atoms with Crippen molar-refractivity contribution in [3.05, 3.63) is 0 Å². The van der Waals surface area contributed by atoms with Gasteiger partial charge in [-0.25, -0.2) is 0 Å². The SMILES string of the molecule is C1CO1.CN(C)CCO. The first-order chi connectivity index (χ1) is 4.27. The van der Waals surface area contributed by atoms with Gasteiger partial charge in [0.05, 0.1) is 19.8 Å². The predicted octanol–water partition coefficient (Wildman–Crippen LogP) is -0.443. The lowest BCUT2D eigenvalue weighted by molar-refractivity contribution is 0.243. The fourth-order valence-corrected chi connectivity index (χ4v) is 0.200. The van der Waals surface area contributed by atoms with Crippen LogP contribution in [-0.2, 0) is 4.74 Å². The monoisotopic (exact) mass is 133 g/mol. The molecular formula is C6H15NO2. The van der Waals surface area contributed by atoms with Gasteiger partial charge in [0.15, 0.2) is 0 Å². The number of aliphatic hydroxyl groups is 1. The van der Waals surface area contributed by atoms with E-state index in [1.165, 1.54) is 0 Å². The molecule has 1 heterocycles. The Bertz CT molecular complexity index is 52.3. The summed E-state index contributed by atoms with van der Waals surface area (Å²) in [6.45, 7) is 3.02. The summed E-state index contributed by atoms with van der Waals surface area (Å²) in [6.07, 6.45) is 0. The van der Waals surface area contributed by atoms with Crippen LogP contribution in [0.15, 0.2) is 0 Å². The lowest BCUT2D eigenvalue weighted by Gasteiger charge is -2.03. The lowest BCUT2D eigenvalue weighted by atomic mass is 10.6. The third-order valence-corrected chi connectivity index (χ3v) is 0.751. The van der Waals surface area contributed by atoms with Crippen LogP contribution in [-0.4, -0.2) is 50.5 Å². The molecule has 3 heteroatoms. The van der Waals surface area contributed by atoms with Gasteiger partial charge in [-0.2, -0.15) is 0 Å². The van der Waals surface area contributed by atoms with Crippen molar-refractivity contribution in [1.82, 2.24) is 4.90 Å². The van der Waals surface area contributed by atoms with Gasteiger partial charge < -0.3 is 14.7 Å². The second-order valence-electron chi connectivity index (χ2n) is 2.14. The maximum absolute atomic E-state index is 8.20. The normalized spacial score (nSPS) is 14.7. The lowest BCUT2D eigenvalue weighted by Crippen LogP contribution is -2.15. The Kier molecular flexibility index (Phi) is 5.93. The number of ether oxygens (including phenoxy) is 1. The van der Waals surface area contributed by atoms with E-state index < -0.39 is 0 Å². The van der Waals surface area contributed by atoms with E-state index in [0.29, 0.717) is 0 Å². The number of hydrogen-bond acceptors (Lipinski definition) is 3. The molecule has 56 valence electrons. The molecule has 0 spiro atoms. The molecule has 0 bridgehead atoms. The first-order valence-corrected chi connectivity index (χ1v) is 3.10. The third kappa shape index (κ3) is 18.1. The molecule has 9 heavy (non-hydrogen) atoms. The zero-order chi connectivity index (χ0) is 7.11. The van der Waals surface area contributed by atoms with Gasteiger partial charge in [0.1, 0.15) is 0 Å². The quantitative estimate of drug-likeness (QED) is 0.519. The maximum Gasteiger partial charge on any atom is 0.0701 e. The molecule has 1 fully saturated rings. The zero-order valence-electron chi connectivity index (χ0n) is 6.13. The molecule has 1 aliphatic heterocycles. The van der Waals surface area contributed by atoms with Gasteiger partial charge in [-0.15, -0.1) is 0 Å². The molecule has 1 N–H and O–H groups in total. The summed E-state index contributed by atoms with van der Waals surface area (Å²) in [6, 6.07) is 0. The van der Waals surface area contributed by atoms with E-state index in [-0.39, 0.29) is 6.61 Å². The van der Waals surface area contributed by atoms with Crippen molar-refractivity contribution < 1.29 is 9.84 Å². The highest BCUT2D eigenvalue weighted by atomic mass is 16.6. The molecule has 3 nitrogen and oxygen atoms in total. The summed E-state index contributed by atoms with van der Waals surface area (Å²) in [5.41, 5.74) is 0. The largest absolute Gasteiger partial charge is 0.395 e. The third-order valence-electron chi connectivity index (χ3n) is 0.751. The van der Waals surface area contributed by atoms with E-state index in [1.54, 1.807) is 0 Å². The molecule has 0 unspecified atom stereocenters. The molecule has 1 saturated heterocycles. The van der Waals surface area contributed by atoms with E-state index in [4.69, 9.17) is 5.11 Å². The van der Waals surface area contributed by atoms with Crippen LogP contribution < -0.4 is 0 Å². The molecule has 0 aromatic rings. The van der Waals surface area contributed by atoms with Crippen molar-refractivity contribution in [3.63, 3.8) is 0 Å². The van der Waals surface area contributed by atoms with Crippen LogP contribution in [0.3, 0.4) is 0 Å². The first-order valence-electron chi connectivity index (χ1n) is 3.10. The molecule has 0 amide bonds. The number of rotatable bonds is 2. The topological polar surface area (TPSA) is 36.0 Å². The minimum Gasteiger partial charge on any atom is -0.395 e. The van der Waals surface area contributed by atoms with Crippen molar-refractivity contribution in [1.29, 1.82) is 0 Å². The van der Waals surface area contributed by atoms with Crippen LogP contribution in [0.4, 0.5) is 0 Å². The van der Waals surface area contributed by atoms with Gasteiger partial charge >= 0.3 is 0 Å². The van der Waals surface area contributed by atoms with Crippen LogP contribution in [0.2, 0.25) is 0 Å². The van der Waals surface area contributed by atoms with Crippen molar-refractivity contribution in [3.8, 4) is 0 Å². The van der Waals surface area contributed by atoms with Gasteiger partial charge in [0.25, 0.3) is 0 Å². The van der Waals surface area contributed by atoms with Gasteiger partial charge in [0, 0.05) is 6.54 Å². The summed E-state index contributed by atoms with van der Waals surface area (Å²) in [7, 11) is 3.85. The van der Waals surface area contributed by atoms with Gasteiger partial charge in [-0.05, 0) is 14.1 Å². The summed E-state index contributed by atoms with van der Waals surface area (Å²) in [5, 5.41) is 8.20. The molecular weight excluding hydrogens is 118 g/mol. The van der Waals surface area contributed by atoms with Crippen LogP contribution in [0, 0.1) is 0 Å². The highest BCUT2D eigenvalue weighted by molar-refractivity contribution is 4.36. The Balaban J connectivity index is 0.000000173. The molecule has 0 aromatic heterocycles. The first kappa shape index (κ1) is 8.88. The van der Waals surface area contributed by atoms with Crippen molar-refractivity contribution in [2.75, 3.05) is 40.5 Å². The van der Waals surface area contributed by atoms with E-state index in [9.17, 15) is 0 Å². The second-order valence-corrected chi connectivity index (χ2v) is 2.14. The maximum atomic E-state index is 8.20. The van der Waals surface area contributed by atoms with Crippen molar-refractivity contribution in [2.45, 2.75) is 0 Å². The Labute approximate surface area is 56.2 Å². The highest BCUT2D eigenvalue weighted by Crippen LogP contribution is 1.84. The van der Waals surface area contributed by atoms with E-state index in [0.717, 1.165) is 19.8 Å². The van der Waals surface area contributed by atoms with Crippen LogP contribution in [0.5, 0.6) is 0 Å². The standard InChI is InChI=1S/C4H11NO.C2H4O/c1-5(2)3-4-6;1-2-3-1/h6H,3-4H2,1-2H3;1-2H2. The van der Waals surface area contributed by atoms with Crippen LogP contribution in [0.1, 0.15) is 0 Å². The molecule has 1 rings (SSSR count). The number of likely N-dealkylation sites (N-methyl/N-ethyl adjacent to an activating group) is 1. The number of hydrogen-bond donors (Lipinski definition) is 1. The van der Waals surface area contributed by atoms with Crippen molar-refractivity contribution in [2.24, 2.45) is 0 Å². The van der Waals surface area contributed by atoms with Gasteiger partial charge in [-0.1, -0.05) is 0 Å². The van der Waals surface area contributed by atoms with E-state index in [2.05, 4.69) is 4.74 Å². The second kappa shape index (κ2) is 6.01. The Morgan fingerprint density at radius 2 is 1.89 bits per heavy atom. The van der Waals surface area contributed by atoms with Gasteiger partial charge in [-0.3, -0.25) is 0 Å². The summed E-state index contributed by atoms with van der Waals surface area (Å²) in [5.74, 6) is 0. The summed E-state index contributed by atoms with van der Waals surface area (Å²) in [4.78, 5) is 1.93.